The highest BCUT2D eigenvalue weighted by Crippen LogP contribution is 2.23. The summed E-state index contributed by atoms with van der Waals surface area (Å²) in [5.41, 5.74) is 0.0990. The number of hydrogen-bond acceptors (Lipinski definition) is 1. The van der Waals surface area contributed by atoms with Crippen LogP contribution < -0.4 is 5.32 Å². The maximum absolute atomic E-state index is 13.4. The second-order valence-corrected chi connectivity index (χ2v) is 5.05. The monoisotopic (exact) mass is 259 g/mol. The van der Waals surface area contributed by atoms with E-state index in [0.717, 1.165) is 25.7 Å². The first-order chi connectivity index (χ1) is 8.18. The van der Waals surface area contributed by atoms with Gasteiger partial charge in [0.1, 0.15) is 11.6 Å². The topological polar surface area (TPSA) is 12.0 Å². The second-order valence-electron chi connectivity index (χ2n) is 4.49. The molecule has 1 aliphatic rings. The molecule has 2 rings (SSSR count). The fraction of sp³-hybridized carbons (Fsp3) is 0.538. The lowest BCUT2D eigenvalue weighted by Crippen LogP contribution is -2.39. The first-order valence-electron chi connectivity index (χ1n) is 5.99. The molecular weight excluding hydrogens is 244 g/mol. The Hall–Kier alpha value is -0.670. The standard InChI is InChI=1S/C13H16ClF2N/c14-10-4-1-2-7-13(10)17-8-9-11(15)5-3-6-12(9)16/h3,5-6,10,13,17H,1-2,4,7-8H2. The summed E-state index contributed by atoms with van der Waals surface area (Å²) in [6.07, 6.45) is 4.21. The zero-order valence-corrected chi connectivity index (χ0v) is 10.3. The van der Waals surface area contributed by atoms with Crippen LogP contribution in [-0.4, -0.2) is 11.4 Å². The Bertz CT molecular complexity index is 363. The van der Waals surface area contributed by atoms with Gasteiger partial charge in [-0.1, -0.05) is 18.9 Å². The highest BCUT2D eigenvalue weighted by atomic mass is 35.5. The van der Waals surface area contributed by atoms with Gasteiger partial charge in [0.05, 0.1) is 0 Å². The quantitative estimate of drug-likeness (QED) is 0.818. The van der Waals surface area contributed by atoms with Gasteiger partial charge >= 0.3 is 0 Å². The number of halogens is 3. The molecule has 0 saturated heterocycles. The Morgan fingerprint density at radius 1 is 1.18 bits per heavy atom. The van der Waals surface area contributed by atoms with Crippen molar-refractivity contribution >= 4 is 11.6 Å². The number of hydrogen-bond donors (Lipinski definition) is 1. The van der Waals surface area contributed by atoms with Gasteiger partial charge in [0.2, 0.25) is 0 Å². The van der Waals surface area contributed by atoms with Gasteiger partial charge in [0.25, 0.3) is 0 Å². The summed E-state index contributed by atoms with van der Waals surface area (Å²) in [6.45, 7) is 0.201. The van der Waals surface area contributed by atoms with E-state index in [1.807, 2.05) is 0 Å². The molecule has 1 fully saturated rings. The van der Waals surface area contributed by atoms with E-state index < -0.39 is 11.6 Å². The van der Waals surface area contributed by atoms with Crippen molar-refractivity contribution in [2.24, 2.45) is 0 Å². The van der Waals surface area contributed by atoms with Gasteiger partial charge in [-0.3, -0.25) is 0 Å². The molecule has 1 aromatic rings. The maximum atomic E-state index is 13.4. The predicted octanol–water partition coefficient (Wildman–Crippen LogP) is 3.60. The minimum absolute atomic E-state index is 0.0681. The van der Waals surface area contributed by atoms with Gasteiger partial charge in [-0.05, 0) is 25.0 Å². The van der Waals surface area contributed by atoms with Crippen LogP contribution in [0.15, 0.2) is 18.2 Å². The number of alkyl halides is 1. The van der Waals surface area contributed by atoms with E-state index in [0.29, 0.717) is 0 Å². The van der Waals surface area contributed by atoms with E-state index in [9.17, 15) is 8.78 Å². The molecule has 0 radical (unpaired) electrons. The van der Waals surface area contributed by atoms with E-state index in [-0.39, 0.29) is 23.5 Å². The van der Waals surface area contributed by atoms with Gasteiger partial charge in [-0.15, -0.1) is 11.6 Å². The van der Waals surface area contributed by atoms with Crippen LogP contribution in [0.1, 0.15) is 31.2 Å². The highest BCUT2D eigenvalue weighted by molar-refractivity contribution is 6.21. The first kappa shape index (κ1) is 12.8. The molecule has 94 valence electrons. The van der Waals surface area contributed by atoms with E-state index in [1.165, 1.54) is 18.2 Å². The molecule has 1 aromatic carbocycles. The summed E-state index contributed by atoms with van der Waals surface area (Å²) in [4.78, 5) is 0. The molecule has 0 amide bonds. The molecule has 1 saturated carbocycles. The number of rotatable bonds is 3. The first-order valence-corrected chi connectivity index (χ1v) is 6.42. The fourth-order valence-electron chi connectivity index (χ4n) is 2.25. The van der Waals surface area contributed by atoms with Crippen LogP contribution in [0.4, 0.5) is 8.78 Å². The van der Waals surface area contributed by atoms with Crippen LogP contribution >= 0.6 is 11.6 Å². The summed E-state index contributed by atoms with van der Waals surface area (Å²) < 4.78 is 26.8. The van der Waals surface area contributed by atoms with E-state index >= 15 is 0 Å². The molecule has 4 heteroatoms. The van der Waals surface area contributed by atoms with E-state index in [2.05, 4.69) is 5.32 Å². The normalized spacial score (nSPS) is 24.9. The number of nitrogens with one attached hydrogen (secondary N) is 1. The third-order valence-corrected chi connectivity index (χ3v) is 3.81. The highest BCUT2D eigenvalue weighted by Gasteiger charge is 2.23. The van der Waals surface area contributed by atoms with Gasteiger partial charge in [0, 0.05) is 23.5 Å². The van der Waals surface area contributed by atoms with Crippen molar-refractivity contribution in [1.29, 1.82) is 0 Å². The lowest BCUT2D eigenvalue weighted by molar-refractivity contribution is 0.373. The van der Waals surface area contributed by atoms with Crippen LogP contribution in [0.25, 0.3) is 0 Å². The molecule has 0 aliphatic heterocycles. The second kappa shape index (κ2) is 5.78. The van der Waals surface area contributed by atoms with Crippen molar-refractivity contribution in [3.05, 3.63) is 35.4 Å². The maximum Gasteiger partial charge on any atom is 0.130 e. The van der Waals surface area contributed by atoms with Crippen molar-refractivity contribution in [2.45, 2.75) is 43.6 Å². The molecule has 0 bridgehead atoms. The Morgan fingerprint density at radius 2 is 1.82 bits per heavy atom. The Balaban J connectivity index is 1.97. The van der Waals surface area contributed by atoms with Crippen LogP contribution in [0.3, 0.4) is 0 Å². The SMILES string of the molecule is Fc1cccc(F)c1CNC1CCCCC1Cl. The van der Waals surface area contributed by atoms with E-state index in [4.69, 9.17) is 11.6 Å². The van der Waals surface area contributed by atoms with Gasteiger partial charge < -0.3 is 5.32 Å². The molecule has 17 heavy (non-hydrogen) atoms. The average Bonchev–Trinajstić information content (AvgIpc) is 2.30. The van der Waals surface area contributed by atoms with Crippen molar-refractivity contribution in [1.82, 2.24) is 5.32 Å². The summed E-state index contributed by atoms with van der Waals surface area (Å²) >= 11 is 6.18. The fourth-order valence-corrected chi connectivity index (χ4v) is 2.62. The van der Waals surface area contributed by atoms with Crippen molar-refractivity contribution in [2.75, 3.05) is 0 Å². The molecule has 1 aliphatic carbocycles. The summed E-state index contributed by atoms with van der Waals surface area (Å²) in [5.74, 6) is -1.00. The minimum atomic E-state index is -0.501. The lowest BCUT2D eigenvalue weighted by Gasteiger charge is -2.28. The average molecular weight is 260 g/mol. The molecule has 0 heterocycles. The van der Waals surface area contributed by atoms with Crippen LogP contribution in [0.5, 0.6) is 0 Å². The Kier molecular flexibility index (Phi) is 4.35. The molecule has 1 N–H and O–H groups in total. The molecule has 1 nitrogen and oxygen atoms in total. The predicted molar refractivity (Wildman–Crippen MR) is 65.1 cm³/mol. The molecular formula is C13H16ClF2N. The summed E-state index contributed by atoms with van der Waals surface area (Å²) in [5, 5.41) is 3.23. The third-order valence-electron chi connectivity index (χ3n) is 3.28. The number of benzene rings is 1. The molecule has 2 atom stereocenters. The minimum Gasteiger partial charge on any atom is -0.308 e. The summed E-state index contributed by atoms with van der Waals surface area (Å²) in [6, 6.07) is 4.08. The van der Waals surface area contributed by atoms with Crippen LogP contribution in [-0.2, 0) is 6.54 Å². The molecule has 2 unspecified atom stereocenters. The Labute approximate surface area is 105 Å². The largest absolute Gasteiger partial charge is 0.308 e. The zero-order valence-electron chi connectivity index (χ0n) is 9.56. The van der Waals surface area contributed by atoms with E-state index in [1.54, 1.807) is 0 Å². The van der Waals surface area contributed by atoms with Crippen molar-refractivity contribution in [3.8, 4) is 0 Å². The van der Waals surface area contributed by atoms with Crippen molar-refractivity contribution < 1.29 is 8.78 Å². The Morgan fingerprint density at radius 3 is 2.47 bits per heavy atom. The van der Waals surface area contributed by atoms with Gasteiger partial charge in [-0.2, -0.15) is 0 Å². The van der Waals surface area contributed by atoms with Crippen molar-refractivity contribution in [3.63, 3.8) is 0 Å². The smallest absolute Gasteiger partial charge is 0.130 e. The third kappa shape index (κ3) is 3.17. The lowest BCUT2D eigenvalue weighted by atomic mass is 9.95. The van der Waals surface area contributed by atoms with Crippen LogP contribution in [0, 0.1) is 11.6 Å². The summed E-state index contributed by atoms with van der Waals surface area (Å²) in [7, 11) is 0. The van der Waals surface area contributed by atoms with Gasteiger partial charge in [-0.25, -0.2) is 8.78 Å². The van der Waals surface area contributed by atoms with Gasteiger partial charge in [0.15, 0.2) is 0 Å². The van der Waals surface area contributed by atoms with Crippen LogP contribution in [0.2, 0.25) is 0 Å². The molecule has 0 spiro atoms. The molecule has 0 aromatic heterocycles. The zero-order chi connectivity index (χ0) is 12.3.